The third kappa shape index (κ3) is 4.16. The number of nitrogens with one attached hydrogen (secondary N) is 1. The zero-order chi connectivity index (χ0) is 23.6. The molecule has 0 aromatic heterocycles. The van der Waals surface area contributed by atoms with Crippen LogP contribution in [0.15, 0.2) is 30.3 Å². The molecule has 3 aliphatic heterocycles. The van der Waals surface area contributed by atoms with Crippen LogP contribution in [0.1, 0.15) is 45.1 Å². The summed E-state index contributed by atoms with van der Waals surface area (Å²) in [6, 6.07) is 9.11. The number of esters is 1. The summed E-state index contributed by atoms with van der Waals surface area (Å²) < 4.78 is 4.75. The predicted molar refractivity (Wildman–Crippen MR) is 126 cm³/mol. The number of amides is 2. The number of nitrogens with zero attached hydrogens (tertiary/aromatic N) is 1. The second kappa shape index (κ2) is 10.1. The molecule has 0 aliphatic carbocycles. The van der Waals surface area contributed by atoms with Crippen molar-refractivity contribution < 1.29 is 24.2 Å². The van der Waals surface area contributed by atoms with Gasteiger partial charge in [-0.15, -0.1) is 11.8 Å². The second-order valence-electron chi connectivity index (χ2n) is 9.32. The van der Waals surface area contributed by atoms with Crippen molar-refractivity contribution >= 4 is 29.5 Å². The number of aliphatic hydroxyl groups is 1. The summed E-state index contributed by atoms with van der Waals surface area (Å²) in [5.41, 5.74) is 1.000. The van der Waals surface area contributed by atoms with Gasteiger partial charge in [-0.05, 0) is 44.1 Å². The highest BCUT2D eigenvalue weighted by molar-refractivity contribution is 8.02. The molecule has 3 unspecified atom stereocenters. The van der Waals surface area contributed by atoms with E-state index < -0.39 is 22.6 Å². The summed E-state index contributed by atoms with van der Waals surface area (Å²) >= 11 is 1.67. The lowest BCUT2D eigenvalue weighted by Gasteiger charge is -2.38. The predicted octanol–water partition coefficient (Wildman–Crippen LogP) is 2.37. The van der Waals surface area contributed by atoms with Crippen molar-refractivity contribution in [1.29, 1.82) is 0 Å². The van der Waals surface area contributed by atoms with Crippen molar-refractivity contribution in [3.05, 3.63) is 35.9 Å². The number of rotatable bonds is 10. The molecule has 7 nitrogen and oxygen atoms in total. The van der Waals surface area contributed by atoms with Crippen molar-refractivity contribution in [1.82, 2.24) is 10.2 Å². The first-order valence-corrected chi connectivity index (χ1v) is 12.9. The van der Waals surface area contributed by atoms with Crippen LogP contribution in [0.25, 0.3) is 0 Å². The number of hydrogen-bond acceptors (Lipinski definition) is 6. The molecule has 4 rings (SSSR count). The highest BCUT2D eigenvalue weighted by Crippen LogP contribution is 2.68. The molecule has 180 valence electrons. The summed E-state index contributed by atoms with van der Waals surface area (Å²) in [5.74, 6) is -1.44. The minimum Gasteiger partial charge on any atom is -0.466 e. The van der Waals surface area contributed by atoms with E-state index in [1.165, 1.54) is 0 Å². The third-order valence-electron chi connectivity index (χ3n) is 7.42. The molecule has 1 aromatic rings. The lowest BCUT2D eigenvalue weighted by molar-refractivity contribution is -0.154. The number of thioether (sulfide) groups is 1. The van der Waals surface area contributed by atoms with Crippen LogP contribution in [-0.2, 0) is 25.7 Å². The Morgan fingerprint density at radius 2 is 2.00 bits per heavy atom. The van der Waals surface area contributed by atoms with Crippen molar-refractivity contribution in [3.63, 3.8) is 0 Å². The summed E-state index contributed by atoms with van der Waals surface area (Å²) in [4.78, 5) is 42.0. The van der Waals surface area contributed by atoms with Gasteiger partial charge in [-0.3, -0.25) is 14.4 Å². The number of likely N-dealkylation sites (tertiary alicyclic amines) is 1. The minimum atomic E-state index is -0.614. The Kier molecular flexibility index (Phi) is 7.34. The van der Waals surface area contributed by atoms with Crippen LogP contribution in [0.4, 0.5) is 0 Å². The van der Waals surface area contributed by atoms with E-state index in [4.69, 9.17) is 9.84 Å². The molecule has 3 saturated heterocycles. The van der Waals surface area contributed by atoms with Gasteiger partial charge in [0, 0.05) is 24.9 Å². The van der Waals surface area contributed by atoms with E-state index in [-0.39, 0.29) is 42.2 Å². The van der Waals surface area contributed by atoms with Gasteiger partial charge in [-0.1, -0.05) is 37.3 Å². The third-order valence-corrected chi connectivity index (χ3v) is 9.50. The van der Waals surface area contributed by atoms with E-state index in [9.17, 15) is 14.4 Å². The molecular formula is C25H34N2O5S. The Morgan fingerprint density at radius 1 is 1.24 bits per heavy atom. The summed E-state index contributed by atoms with van der Waals surface area (Å²) in [7, 11) is 0. The number of ether oxygens (including phenoxy) is 1. The van der Waals surface area contributed by atoms with Crippen molar-refractivity contribution in [2.45, 2.75) is 62.1 Å². The fraction of sp³-hybridized carbons (Fsp3) is 0.640. The van der Waals surface area contributed by atoms with Crippen molar-refractivity contribution in [2.24, 2.45) is 17.8 Å². The first-order chi connectivity index (χ1) is 16.0. The van der Waals surface area contributed by atoms with Crippen LogP contribution in [0.2, 0.25) is 0 Å². The molecule has 33 heavy (non-hydrogen) atoms. The molecule has 2 amide bonds. The molecule has 3 heterocycles. The van der Waals surface area contributed by atoms with Gasteiger partial charge in [0.2, 0.25) is 11.8 Å². The van der Waals surface area contributed by atoms with Gasteiger partial charge >= 0.3 is 5.97 Å². The Balaban J connectivity index is 1.62. The number of hydrogen-bond donors (Lipinski definition) is 2. The topological polar surface area (TPSA) is 95.9 Å². The standard InChI is InChI=1S/C25H34N2O5S/c1-3-32-24(31)19-18-14-16(2)25(33-18)20(19)23(30)27(12-8-5-9-13-28)21(25)22(29)26-15-17-10-6-4-7-11-17/h4,6-7,10-11,16,18-21,28H,3,5,8-9,12-15H2,1-2H3,(H,26,29)/t16?,18-,19+,20+,21?,25?/m1/s1. The SMILES string of the molecule is CCOC(=O)[C@@H]1[C@H]2C(=O)N(CCCCCO)C(C(=O)NCc3ccccc3)C23S[C@@H]1CC3C. The lowest BCUT2D eigenvalue weighted by atomic mass is 9.66. The van der Waals surface area contributed by atoms with E-state index in [0.717, 1.165) is 18.4 Å². The molecule has 0 saturated carbocycles. The maximum absolute atomic E-state index is 13.8. The highest BCUT2D eigenvalue weighted by Gasteiger charge is 2.76. The van der Waals surface area contributed by atoms with Crippen LogP contribution in [0.5, 0.6) is 0 Å². The molecule has 2 bridgehead atoms. The molecule has 1 spiro atoms. The van der Waals surface area contributed by atoms with Crippen LogP contribution in [0, 0.1) is 17.8 Å². The zero-order valence-corrected chi connectivity index (χ0v) is 20.2. The number of benzene rings is 1. The van der Waals surface area contributed by atoms with Gasteiger partial charge in [-0.25, -0.2) is 0 Å². The lowest BCUT2D eigenvalue weighted by Crippen LogP contribution is -2.56. The summed E-state index contributed by atoms with van der Waals surface area (Å²) in [5, 5.41) is 12.2. The van der Waals surface area contributed by atoms with Gasteiger partial charge in [0.05, 0.1) is 23.2 Å². The molecule has 1 aromatic carbocycles. The van der Waals surface area contributed by atoms with E-state index in [1.807, 2.05) is 30.3 Å². The molecule has 3 fully saturated rings. The van der Waals surface area contributed by atoms with E-state index in [1.54, 1.807) is 23.6 Å². The average molecular weight is 475 g/mol. The Bertz CT molecular complexity index is 881. The number of carbonyl (C=O) groups excluding carboxylic acids is 3. The minimum absolute atomic E-state index is 0.00830. The molecule has 6 atom stereocenters. The molecular weight excluding hydrogens is 440 g/mol. The fourth-order valence-electron chi connectivity index (χ4n) is 6.02. The van der Waals surface area contributed by atoms with E-state index in [0.29, 0.717) is 25.9 Å². The van der Waals surface area contributed by atoms with Crippen LogP contribution in [-0.4, -0.2) is 63.6 Å². The quantitative estimate of drug-likeness (QED) is 0.399. The van der Waals surface area contributed by atoms with Crippen molar-refractivity contribution in [2.75, 3.05) is 19.8 Å². The second-order valence-corrected chi connectivity index (χ2v) is 10.9. The summed E-state index contributed by atoms with van der Waals surface area (Å²) in [6.45, 7) is 5.13. The molecule has 3 aliphatic rings. The molecule has 2 N–H and O–H groups in total. The number of aliphatic hydroxyl groups excluding tert-OH is 1. The van der Waals surface area contributed by atoms with Crippen LogP contribution >= 0.6 is 11.8 Å². The van der Waals surface area contributed by atoms with Gasteiger partial charge in [0.1, 0.15) is 6.04 Å². The number of carbonyl (C=O) groups is 3. The first kappa shape index (κ1) is 24.1. The monoisotopic (exact) mass is 474 g/mol. The Morgan fingerprint density at radius 3 is 2.70 bits per heavy atom. The number of fused-ring (bicyclic) bond motifs is 1. The Hall–Kier alpha value is -2.06. The largest absolute Gasteiger partial charge is 0.466 e. The Labute approximate surface area is 199 Å². The zero-order valence-electron chi connectivity index (χ0n) is 19.4. The first-order valence-electron chi connectivity index (χ1n) is 12.0. The van der Waals surface area contributed by atoms with Crippen LogP contribution < -0.4 is 5.32 Å². The van der Waals surface area contributed by atoms with E-state index in [2.05, 4.69) is 12.2 Å². The van der Waals surface area contributed by atoms with E-state index >= 15 is 0 Å². The van der Waals surface area contributed by atoms with Gasteiger partial charge < -0.3 is 20.1 Å². The summed E-state index contributed by atoms with van der Waals surface area (Å²) in [6.07, 6.45) is 2.96. The number of unbranched alkanes of at least 4 members (excludes halogenated alkanes) is 2. The smallest absolute Gasteiger partial charge is 0.310 e. The van der Waals surface area contributed by atoms with Gasteiger partial charge in [0.15, 0.2) is 0 Å². The highest BCUT2D eigenvalue weighted by atomic mass is 32.2. The molecule has 0 radical (unpaired) electrons. The normalized spacial score (nSPS) is 32.2. The molecule has 8 heteroatoms. The fourth-order valence-corrected chi connectivity index (χ4v) is 8.43. The van der Waals surface area contributed by atoms with Gasteiger partial charge in [0.25, 0.3) is 0 Å². The maximum atomic E-state index is 13.8. The van der Waals surface area contributed by atoms with Crippen LogP contribution in [0.3, 0.4) is 0 Å². The average Bonchev–Trinajstić information content (AvgIpc) is 3.40. The van der Waals surface area contributed by atoms with Crippen molar-refractivity contribution in [3.8, 4) is 0 Å². The van der Waals surface area contributed by atoms with Gasteiger partial charge in [-0.2, -0.15) is 0 Å². The maximum Gasteiger partial charge on any atom is 0.310 e.